The van der Waals surface area contributed by atoms with Crippen LogP contribution >= 0.6 is 0 Å². The van der Waals surface area contributed by atoms with Crippen LogP contribution in [0.5, 0.6) is 5.75 Å². The van der Waals surface area contributed by atoms with Gasteiger partial charge in [-0.3, -0.25) is 14.5 Å². The molecule has 6 heteroatoms. The fourth-order valence-electron chi connectivity index (χ4n) is 2.25. The topological polar surface area (TPSA) is 64.4 Å². The van der Waals surface area contributed by atoms with Gasteiger partial charge in [-0.25, -0.2) is 4.98 Å². The van der Waals surface area contributed by atoms with E-state index in [1.165, 1.54) is 4.90 Å². The molecule has 1 amide bonds. The minimum Gasteiger partial charge on any atom is -0.497 e. The third-order valence-electron chi connectivity index (χ3n) is 3.40. The second-order valence-electron chi connectivity index (χ2n) is 4.56. The largest absolute Gasteiger partial charge is 0.497 e. The van der Waals surface area contributed by atoms with E-state index >= 15 is 0 Å². The molecule has 0 atom stereocenters. The summed E-state index contributed by atoms with van der Waals surface area (Å²) in [5.41, 5.74) is 0.979. The SMILES string of the molecule is COc1ccc2c(c1)N(Cc1nccn1C)C(=O)C2=O. The number of carbonyl (C=O) groups is 2. The number of amides is 1. The second-order valence-corrected chi connectivity index (χ2v) is 4.56. The van der Waals surface area contributed by atoms with Gasteiger partial charge >= 0.3 is 0 Å². The summed E-state index contributed by atoms with van der Waals surface area (Å²) >= 11 is 0. The number of fused-ring (bicyclic) bond motifs is 1. The standard InChI is InChI=1S/C14H13N3O3/c1-16-6-5-15-12(16)8-17-11-7-9(20-2)3-4-10(11)13(18)14(17)19/h3-7H,8H2,1-2H3. The van der Waals surface area contributed by atoms with Crippen molar-refractivity contribution in [1.29, 1.82) is 0 Å². The Morgan fingerprint density at radius 2 is 2.10 bits per heavy atom. The fraction of sp³-hybridized carbons (Fsp3) is 0.214. The summed E-state index contributed by atoms with van der Waals surface area (Å²) in [7, 11) is 3.39. The second kappa shape index (κ2) is 4.48. The third kappa shape index (κ3) is 1.77. The number of aryl methyl sites for hydroxylation is 1. The molecule has 0 unspecified atom stereocenters. The summed E-state index contributed by atoms with van der Waals surface area (Å²) < 4.78 is 6.96. The zero-order valence-electron chi connectivity index (χ0n) is 11.2. The molecular formula is C14H13N3O3. The van der Waals surface area contributed by atoms with Crippen molar-refractivity contribution in [2.24, 2.45) is 7.05 Å². The number of carbonyl (C=O) groups excluding carboxylic acids is 2. The van der Waals surface area contributed by atoms with Crippen molar-refractivity contribution in [3.8, 4) is 5.75 Å². The lowest BCUT2D eigenvalue weighted by molar-refractivity contribution is -0.114. The van der Waals surface area contributed by atoms with E-state index in [1.807, 2.05) is 11.6 Å². The highest BCUT2D eigenvalue weighted by atomic mass is 16.5. The van der Waals surface area contributed by atoms with Crippen LogP contribution in [-0.4, -0.2) is 28.4 Å². The van der Waals surface area contributed by atoms with Crippen molar-refractivity contribution in [2.75, 3.05) is 12.0 Å². The number of methoxy groups -OCH3 is 1. The van der Waals surface area contributed by atoms with Gasteiger partial charge in [-0.05, 0) is 12.1 Å². The van der Waals surface area contributed by atoms with Gasteiger partial charge in [-0.1, -0.05) is 0 Å². The molecule has 3 rings (SSSR count). The van der Waals surface area contributed by atoms with Crippen molar-refractivity contribution in [1.82, 2.24) is 9.55 Å². The Bertz CT molecular complexity index is 705. The molecule has 0 N–H and O–H groups in total. The quantitative estimate of drug-likeness (QED) is 0.786. The number of aromatic nitrogens is 2. The first-order valence-electron chi connectivity index (χ1n) is 6.12. The number of hydrogen-bond donors (Lipinski definition) is 0. The smallest absolute Gasteiger partial charge is 0.299 e. The summed E-state index contributed by atoms with van der Waals surface area (Å²) in [6.07, 6.45) is 3.45. The molecule has 2 heterocycles. The van der Waals surface area contributed by atoms with Gasteiger partial charge < -0.3 is 9.30 Å². The highest BCUT2D eigenvalue weighted by Gasteiger charge is 2.36. The van der Waals surface area contributed by atoms with Crippen LogP contribution in [0.1, 0.15) is 16.2 Å². The molecule has 6 nitrogen and oxygen atoms in total. The summed E-state index contributed by atoms with van der Waals surface area (Å²) in [4.78, 5) is 29.7. The fourth-order valence-corrected chi connectivity index (χ4v) is 2.25. The predicted octanol–water partition coefficient (Wildman–Crippen LogP) is 1.16. The number of ketones is 1. The van der Waals surface area contributed by atoms with Gasteiger partial charge in [0.2, 0.25) is 0 Å². The molecule has 0 saturated heterocycles. The van der Waals surface area contributed by atoms with E-state index in [-0.39, 0.29) is 6.54 Å². The molecule has 1 aromatic heterocycles. The summed E-state index contributed by atoms with van der Waals surface area (Å²) in [6.45, 7) is 0.258. The van der Waals surface area contributed by atoms with Gasteiger partial charge in [-0.2, -0.15) is 0 Å². The number of rotatable bonds is 3. The summed E-state index contributed by atoms with van der Waals surface area (Å²) in [6, 6.07) is 4.99. The van der Waals surface area contributed by atoms with Gasteiger partial charge in [0, 0.05) is 25.5 Å². The van der Waals surface area contributed by atoms with Gasteiger partial charge in [0.25, 0.3) is 11.7 Å². The van der Waals surface area contributed by atoms with Crippen molar-refractivity contribution in [3.63, 3.8) is 0 Å². The van der Waals surface area contributed by atoms with E-state index < -0.39 is 11.7 Å². The van der Waals surface area contributed by atoms with Crippen LogP contribution in [0.3, 0.4) is 0 Å². The van der Waals surface area contributed by atoms with Gasteiger partial charge in [0.1, 0.15) is 11.6 Å². The maximum absolute atomic E-state index is 12.1. The number of imidazole rings is 1. The monoisotopic (exact) mass is 271 g/mol. The zero-order chi connectivity index (χ0) is 14.3. The maximum Gasteiger partial charge on any atom is 0.299 e. The van der Waals surface area contributed by atoms with Crippen LogP contribution in [0.15, 0.2) is 30.6 Å². The molecule has 0 radical (unpaired) electrons. The normalized spacial score (nSPS) is 13.8. The van der Waals surface area contributed by atoms with Crippen LogP contribution in [-0.2, 0) is 18.4 Å². The number of hydrogen-bond acceptors (Lipinski definition) is 4. The minimum atomic E-state index is -0.531. The molecule has 1 aliphatic heterocycles. The molecule has 0 bridgehead atoms. The van der Waals surface area contributed by atoms with Gasteiger partial charge in [0.15, 0.2) is 0 Å². The van der Waals surface area contributed by atoms with E-state index in [0.717, 1.165) is 0 Å². The first kappa shape index (κ1) is 12.4. The van der Waals surface area contributed by atoms with Crippen LogP contribution in [0.25, 0.3) is 0 Å². The van der Waals surface area contributed by atoms with Crippen LogP contribution in [0, 0.1) is 0 Å². The predicted molar refractivity (Wildman–Crippen MR) is 71.7 cm³/mol. The Hall–Kier alpha value is -2.63. The Balaban J connectivity index is 2.03. The highest BCUT2D eigenvalue weighted by molar-refractivity contribution is 6.52. The van der Waals surface area contributed by atoms with Gasteiger partial charge in [-0.15, -0.1) is 0 Å². The van der Waals surface area contributed by atoms with E-state index in [9.17, 15) is 9.59 Å². The molecule has 0 aliphatic carbocycles. The molecule has 20 heavy (non-hydrogen) atoms. The summed E-state index contributed by atoms with van der Waals surface area (Å²) in [5, 5.41) is 0. The number of ether oxygens (including phenoxy) is 1. The van der Waals surface area contributed by atoms with E-state index in [4.69, 9.17) is 4.74 Å². The Morgan fingerprint density at radius 1 is 1.30 bits per heavy atom. The first-order valence-corrected chi connectivity index (χ1v) is 6.12. The molecule has 1 aromatic carbocycles. The van der Waals surface area contributed by atoms with Crippen LogP contribution in [0.4, 0.5) is 5.69 Å². The Kier molecular flexibility index (Phi) is 2.78. The Labute approximate surface area is 115 Å². The van der Waals surface area contributed by atoms with Gasteiger partial charge in [0.05, 0.1) is 24.9 Å². The number of Topliss-reactive ketones (excluding diaryl/α,β-unsaturated/α-hetero) is 1. The number of anilines is 1. The molecule has 0 saturated carbocycles. The molecular weight excluding hydrogens is 258 g/mol. The minimum absolute atomic E-state index is 0.258. The Morgan fingerprint density at radius 3 is 2.75 bits per heavy atom. The van der Waals surface area contributed by atoms with Crippen molar-refractivity contribution in [2.45, 2.75) is 6.54 Å². The number of nitrogens with zero attached hydrogens (tertiary/aromatic N) is 3. The number of benzene rings is 1. The van der Waals surface area contributed by atoms with Crippen LogP contribution in [0.2, 0.25) is 0 Å². The summed E-state index contributed by atoms with van der Waals surface area (Å²) in [5.74, 6) is 0.297. The molecule has 0 spiro atoms. The van der Waals surface area contributed by atoms with E-state index in [2.05, 4.69) is 4.98 Å². The van der Waals surface area contributed by atoms with Crippen LogP contribution < -0.4 is 9.64 Å². The maximum atomic E-state index is 12.1. The first-order chi connectivity index (χ1) is 9.61. The molecule has 102 valence electrons. The van der Waals surface area contributed by atoms with Crippen molar-refractivity contribution < 1.29 is 14.3 Å². The molecule has 1 aliphatic rings. The third-order valence-corrected chi connectivity index (χ3v) is 3.40. The average molecular weight is 271 g/mol. The van der Waals surface area contributed by atoms with Crippen molar-refractivity contribution in [3.05, 3.63) is 42.0 Å². The lowest BCUT2D eigenvalue weighted by atomic mass is 10.1. The van der Waals surface area contributed by atoms with Crippen molar-refractivity contribution >= 4 is 17.4 Å². The average Bonchev–Trinajstić information content (AvgIpc) is 2.96. The highest BCUT2D eigenvalue weighted by Crippen LogP contribution is 2.33. The van der Waals surface area contributed by atoms with E-state index in [1.54, 1.807) is 37.7 Å². The lowest BCUT2D eigenvalue weighted by Crippen LogP contribution is -2.30. The van der Waals surface area contributed by atoms with E-state index in [0.29, 0.717) is 22.8 Å². The lowest BCUT2D eigenvalue weighted by Gasteiger charge is -2.16. The molecule has 2 aromatic rings. The molecule has 0 fully saturated rings. The zero-order valence-corrected chi connectivity index (χ0v) is 11.2.